The third-order valence-corrected chi connectivity index (χ3v) is 5.86. The number of anilines is 1. The molecule has 2 aromatic heterocycles. The number of hydrogen-bond donors (Lipinski definition) is 0. The molecule has 3 aromatic rings. The van der Waals surface area contributed by atoms with E-state index in [-0.39, 0.29) is 24.2 Å². The van der Waals surface area contributed by atoms with Gasteiger partial charge < -0.3 is 4.90 Å². The number of carbonyl (C=O) groups excluding carboxylic acids is 1. The predicted octanol–water partition coefficient (Wildman–Crippen LogP) is 2.70. The molecule has 0 radical (unpaired) electrons. The van der Waals surface area contributed by atoms with Gasteiger partial charge in [0.05, 0.1) is 4.88 Å². The Morgan fingerprint density at radius 3 is 2.81 bits per heavy atom. The van der Waals surface area contributed by atoms with E-state index in [1.165, 1.54) is 10.2 Å². The van der Waals surface area contributed by atoms with Crippen LogP contribution >= 0.6 is 11.3 Å². The topological polar surface area (TPSA) is 60.1 Å². The molecule has 0 N–H and O–H groups in total. The summed E-state index contributed by atoms with van der Waals surface area (Å²) in [5.74, 6) is 0.595. The van der Waals surface area contributed by atoms with Crippen molar-refractivity contribution in [1.29, 1.82) is 0 Å². The smallest absolute Gasteiger partial charge is 0.310 e. The van der Waals surface area contributed by atoms with Crippen LogP contribution in [-0.2, 0) is 17.8 Å². The molecular weight excluding hydrogens is 348 g/mol. The van der Waals surface area contributed by atoms with Crippen LogP contribution in [0.5, 0.6) is 0 Å². The van der Waals surface area contributed by atoms with Crippen LogP contribution in [0.3, 0.4) is 0 Å². The molecule has 1 amide bonds. The fourth-order valence-corrected chi connectivity index (χ4v) is 4.28. The van der Waals surface area contributed by atoms with Crippen molar-refractivity contribution in [2.75, 3.05) is 11.4 Å². The summed E-state index contributed by atoms with van der Waals surface area (Å²) in [6.45, 7) is 0.638. The van der Waals surface area contributed by atoms with Crippen molar-refractivity contribution in [3.05, 3.63) is 57.8 Å². The lowest BCUT2D eigenvalue weighted by atomic mass is 10.2. The summed E-state index contributed by atoms with van der Waals surface area (Å²) < 4.78 is 3.09. The average Bonchev–Trinajstić information content (AvgIpc) is 3.08. The van der Waals surface area contributed by atoms with Crippen LogP contribution in [0.2, 0.25) is 0 Å². The van der Waals surface area contributed by atoms with Gasteiger partial charge in [0.1, 0.15) is 6.54 Å². The molecule has 26 heavy (non-hydrogen) atoms. The number of para-hydroxylation sites is 1. The van der Waals surface area contributed by atoms with Crippen LogP contribution in [0.1, 0.15) is 24.4 Å². The largest absolute Gasteiger partial charge is 0.346 e. The molecule has 1 saturated carbocycles. The molecule has 7 heteroatoms. The van der Waals surface area contributed by atoms with Crippen LogP contribution in [-0.4, -0.2) is 26.8 Å². The highest BCUT2D eigenvalue weighted by Crippen LogP contribution is 2.37. The molecule has 0 saturated heterocycles. The van der Waals surface area contributed by atoms with Crippen molar-refractivity contribution in [1.82, 2.24) is 14.3 Å². The Labute approximate surface area is 154 Å². The fourth-order valence-electron chi connectivity index (χ4n) is 3.57. The van der Waals surface area contributed by atoms with Crippen molar-refractivity contribution in [2.24, 2.45) is 0 Å². The van der Waals surface area contributed by atoms with E-state index >= 15 is 0 Å². The first kappa shape index (κ1) is 15.6. The monoisotopic (exact) mass is 366 g/mol. The SMILES string of the molecule is O=C(Cn1nc(-c2cccs2)n(C2CC2)c1=O)N1CCc2ccccc21. The van der Waals surface area contributed by atoms with Gasteiger partial charge in [0.25, 0.3) is 0 Å². The first-order valence-electron chi connectivity index (χ1n) is 8.84. The summed E-state index contributed by atoms with van der Waals surface area (Å²) in [5, 5.41) is 6.49. The second-order valence-corrected chi connectivity index (χ2v) is 7.71. The molecule has 2 aliphatic rings. The van der Waals surface area contributed by atoms with E-state index in [2.05, 4.69) is 5.10 Å². The fraction of sp³-hybridized carbons (Fsp3) is 0.316. The molecule has 6 nitrogen and oxygen atoms in total. The van der Waals surface area contributed by atoms with Gasteiger partial charge in [-0.25, -0.2) is 9.48 Å². The molecule has 1 fully saturated rings. The summed E-state index contributed by atoms with van der Waals surface area (Å²) in [6.07, 6.45) is 2.85. The summed E-state index contributed by atoms with van der Waals surface area (Å²) >= 11 is 1.56. The van der Waals surface area contributed by atoms with Gasteiger partial charge in [-0.05, 0) is 42.3 Å². The van der Waals surface area contributed by atoms with Gasteiger partial charge in [0.2, 0.25) is 5.91 Å². The third kappa shape index (κ3) is 2.50. The van der Waals surface area contributed by atoms with Gasteiger partial charge in [-0.2, -0.15) is 0 Å². The maximum Gasteiger partial charge on any atom is 0.346 e. The third-order valence-electron chi connectivity index (χ3n) is 5.00. The number of rotatable bonds is 4. The highest BCUT2D eigenvalue weighted by atomic mass is 32.1. The number of aromatic nitrogens is 3. The van der Waals surface area contributed by atoms with Gasteiger partial charge in [0.15, 0.2) is 5.82 Å². The number of fused-ring (bicyclic) bond motifs is 1. The summed E-state index contributed by atoms with van der Waals surface area (Å²) in [6, 6.07) is 12.1. The van der Waals surface area contributed by atoms with E-state index in [4.69, 9.17) is 0 Å². The zero-order valence-electron chi connectivity index (χ0n) is 14.2. The van der Waals surface area contributed by atoms with E-state index < -0.39 is 0 Å². The van der Waals surface area contributed by atoms with E-state index in [9.17, 15) is 9.59 Å². The minimum atomic E-state index is -0.184. The molecule has 0 spiro atoms. The van der Waals surface area contributed by atoms with Gasteiger partial charge in [-0.15, -0.1) is 16.4 Å². The zero-order valence-corrected chi connectivity index (χ0v) is 15.0. The van der Waals surface area contributed by atoms with Gasteiger partial charge in [-0.1, -0.05) is 24.3 Å². The molecular formula is C19H18N4O2S. The Kier molecular flexibility index (Phi) is 3.56. The molecule has 0 atom stereocenters. The van der Waals surface area contributed by atoms with E-state index in [0.717, 1.165) is 29.8 Å². The van der Waals surface area contributed by atoms with Crippen molar-refractivity contribution in [3.8, 4) is 10.7 Å². The standard InChI is InChI=1S/C19H18N4O2S/c24-17(21-10-9-13-4-1-2-5-15(13)21)12-22-19(25)23(14-7-8-14)18(20-22)16-6-3-11-26-16/h1-6,11,14H,7-10,12H2. The number of thiophene rings is 1. The van der Waals surface area contributed by atoms with Gasteiger partial charge in [0, 0.05) is 18.3 Å². The van der Waals surface area contributed by atoms with Crippen LogP contribution in [0, 0.1) is 0 Å². The Morgan fingerprint density at radius 2 is 2.04 bits per heavy atom. The summed E-state index contributed by atoms with van der Waals surface area (Å²) in [5.41, 5.74) is 1.94. The molecule has 3 heterocycles. The molecule has 1 aromatic carbocycles. The minimum Gasteiger partial charge on any atom is -0.310 e. The van der Waals surface area contributed by atoms with E-state index in [1.54, 1.807) is 20.8 Å². The zero-order chi connectivity index (χ0) is 17.7. The Hall–Kier alpha value is -2.67. The van der Waals surface area contributed by atoms with E-state index in [0.29, 0.717) is 12.4 Å². The van der Waals surface area contributed by atoms with Crippen LogP contribution in [0.4, 0.5) is 5.69 Å². The Morgan fingerprint density at radius 1 is 1.19 bits per heavy atom. The first-order valence-corrected chi connectivity index (χ1v) is 9.72. The lowest BCUT2D eigenvalue weighted by Crippen LogP contribution is -2.36. The quantitative estimate of drug-likeness (QED) is 0.713. The van der Waals surface area contributed by atoms with Gasteiger partial charge >= 0.3 is 5.69 Å². The summed E-state index contributed by atoms with van der Waals surface area (Å²) in [4.78, 5) is 28.4. The van der Waals surface area contributed by atoms with Crippen LogP contribution < -0.4 is 10.6 Å². The molecule has 0 unspecified atom stereocenters. The first-order chi connectivity index (χ1) is 12.7. The normalized spacial score (nSPS) is 16.1. The maximum absolute atomic E-state index is 12.9. The summed E-state index contributed by atoms with van der Waals surface area (Å²) in [7, 11) is 0. The average molecular weight is 366 g/mol. The Bertz CT molecular complexity index is 1030. The van der Waals surface area contributed by atoms with Crippen molar-refractivity contribution in [3.63, 3.8) is 0 Å². The van der Waals surface area contributed by atoms with Gasteiger partial charge in [-0.3, -0.25) is 9.36 Å². The molecule has 132 valence electrons. The molecule has 1 aliphatic heterocycles. The van der Waals surface area contributed by atoms with Crippen molar-refractivity contribution < 1.29 is 4.79 Å². The van der Waals surface area contributed by atoms with Crippen LogP contribution in [0.15, 0.2) is 46.6 Å². The highest BCUT2D eigenvalue weighted by molar-refractivity contribution is 7.13. The number of carbonyl (C=O) groups is 1. The van der Waals surface area contributed by atoms with E-state index in [1.807, 2.05) is 41.8 Å². The highest BCUT2D eigenvalue weighted by Gasteiger charge is 2.32. The lowest BCUT2D eigenvalue weighted by Gasteiger charge is -2.16. The number of nitrogens with zero attached hydrogens (tertiary/aromatic N) is 4. The minimum absolute atomic E-state index is 0.0226. The Balaban J connectivity index is 1.47. The van der Waals surface area contributed by atoms with Crippen LogP contribution in [0.25, 0.3) is 10.7 Å². The lowest BCUT2D eigenvalue weighted by molar-refractivity contribution is -0.119. The second-order valence-electron chi connectivity index (χ2n) is 6.77. The molecule has 0 bridgehead atoms. The molecule has 5 rings (SSSR count). The number of amides is 1. The molecule has 1 aliphatic carbocycles. The number of hydrogen-bond acceptors (Lipinski definition) is 4. The maximum atomic E-state index is 12.9. The number of benzene rings is 1. The van der Waals surface area contributed by atoms with Crippen molar-refractivity contribution >= 4 is 22.9 Å². The second kappa shape index (κ2) is 5.95. The van der Waals surface area contributed by atoms with Crippen molar-refractivity contribution in [2.45, 2.75) is 31.8 Å². The predicted molar refractivity (Wildman–Crippen MR) is 101 cm³/mol.